The Bertz CT molecular complexity index is 588. The van der Waals surface area contributed by atoms with Crippen molar-refractivity contribution < 1.29 is 4.39 Å². The lowest BCUT2D eigenvalue weighted by molar-refractivity contribution is 0.530. The number of hydrogen-bond acceptors (Lipinski definition) is 4. The molecule has 0 fully saturated rings. The molecule has 0 saturated heterocycles. The van der Waals surface area contributed by atoms with Gasteiger partial charge in [-0.2, -0.15) is 0 Å². The van der Waals surface area contributed by atoms with Crippen LogP contribution in [0.2, 0.25) is 5.02 Å². The fourth-order valence-electron chi connectivity index (χ4n) is 2.22. The van der Waals surface area contributed by atoms with Gasteiger partial charge in [-0.05, 0) is 61.1 Å². The van der Waals surface area contributed by atoms with E-state index in [-0.39, 0.29) is 11.9 Å². The summed E-state index contributed by atoms with van der Waals surface area (Å²) in [5, 5.41) is 8.25. The Kier molecular flexibility index (Phi) is 6.08. The lowest BCUT2D eigenvalue weighted by Gasteiger charge is -2.18. The van der Waals surface area contributed by atoms with Crippen molar-refractivity contribution in [2.45, 2.75) is 39.2 Å². The molecule has 0 aliphatic carbocycles. The van der Waals surface area contributed by atoms with Crippen molar-refractivity contribution in [1.29, 1.82) is 0 Å². The number of hydrogen-bond donors (Lipinski definition) is 1. The molecule has 0 saturated carbocycles. The van der Waals surface area contributed by atoms with E-state index < -0.39 is 0 Å². The van der Waals surface area contributed by atoms with Crippen LogP contribution in [-0.4, -0.2) is 16.1 Å². The SMILES string of the molecule is CCCNC(Cc1cc(F)ccc1Cl)c1snnc1CC. The minimum atomic E-state index is -0.262. The molecule has 1 aromatic carbocycles. The molecule has 0 bridgehead atoms. The third-order valence-corrected chi connectivity index (χ3v) is 4.56. The number of nitrogens with zero attached hydrogens (tertiary/aromatic N) is 2. The molecule has 1 heterocycles. The van der Waals surface area contributed by atoms with Crippen LogP contribution < -0.4 is 5.32 Å². The molecular formula is C15H19ClFN3S. The van der Waals surface area contributed by atoms with E-state index in [1.165, 1.54) is 23.7 Å². The predicted octanol–water partition coefficient (Wildman–Crippen LogP) is 4.18. The summed E-state index contributed by atoms with van der Waals surface area (Å²) < 4.78 is 17.5. The topological polar surface area (TPSA) is 37.8 Å². The molecule has 114 valence electrons. The highest BCUT2D eigenvalue weighted by Crippen LogP contribution is 2.28. The molecule has 1 N–H and O–H groups in total. The first-order valence-corrected chi connectivity index (χ1v) is 8.29. The number of rotatable bonds is 7. The number of benzene rings is 1. The van der Waals surface area contributed by atoms with E-state index in [4.69, 9.17) is 11.6 Å². The van der Waals surface area contributed by atoms with Crippen LogP contribution in [-0.2, 0) is 12.8 Å². The monoisotopic (exact) mass is 327 g/mol. The van der Waals surface area contributed by atoms with E-state index in [0.29, 0.717) is 11.4 Å². The normalized spacial score (nSPS) is 12.6. The zero-order chi connectivity index (χ0) is 15.2. The number of nitrogens with one attached hydrogen (secondary N) is 1. The summed E-state index contributed by atoms with van der Waals surface area (Å²) in [6.45, 7) is 5.07. The van der Waals surface area contributed by atoms with Crippen LogP contribution >= 0.6 is 23.1 Å². The van der Waals surface area contributed by atoms with Crippen LogP contribution in [0.3, 0.4) is 0 Å². The van der Waals surface area contributed by atoms with Gasteiger partial charge in [0.25, 0.3) is 0 Å². The van der Waals surface area contributed by atoms with Gasteiger partial charge in [-0.15, -0.1) is 5.10 Å². The number of halogens is 2. The maximum absolute atomic E-state index is 13.4. The predicted molar refractivity (Wildman–Crippen MR) is 85.4 cm³/mol. The van der Waals surface area contributed by atoms with Gasteiger partial charge >= 0.3 is 0 Å². The van der Waals surface area contributed by atoms with Crippen LogP contribution in [0.25, 0.3) is 0 Å². The van der Waals surface area contributed by atoms with Gasteiger partial charge in [0.05, 0.1) is 10.6 Å². The standard InChI is InChI=1S/C15H19ClFN3S/c1-3-7-18-14(15-13(4-2)19-20-21-15)9-10-8-11(17)5-6-12(10)16/h5-6,8,14,18H,3-4,7,9H2,1-2H3. The highest BCUT2D eigenvalue weighted by atomic mass is 35.5. The lowest BCUT2D eigenvalue weighted by atomic mass is 10.0. The number of aromatic nitrogens is 2. The van der Waals surface area contributed by atoms with Gasteiger partial charge in [-0.1, -0.05) is 29.9 Å². The van der Waals surface area contributed by atoms with E-state index >= 15 is 0 Å². The Labute approximate surface area is 133 Å². The van der Waals surface area contributed by atoms with Crippen LogP contribution in [0.5, 0.6) is 0 Å². The van der Waals surface area contributed by atoms with Gasteiger partial charge in [0.1, 0.15) is 5.82 Å². The molecule has 0 spiro atoms. The fourth-order valence-corrected chi connectivity index (χ4v) is 3.23. The second-order valence-electron chi connectivity index (χ2n) is 4.88. The van der Waals surface area contributed by atoms with Crippen molar-refractivity contribution in [3.05, 3.63) is 45.2 Å². The third-order valence-electron chi connectivity index (χ3n) is 3.31. The smallest absolute Gasteiger partial charge is 0.123 e. The summed E-state index contributed by atoms with van der Waals surface area (Å²) >= 11 is 7.59. The molecule has 0 amide bonds. The summed E-state index contributed by atoms with van der Waals surface area (Å²) in [6.07, 6.45) is 2.50. The van der Waals surface area contributed by atoms with Gasteiger partial charge in [-0.25, -0.2) is 4.39 Å². The molecule has 0 aliphatic heterocycles. The highest BCUT2D eigenvalue weighted by Gasteiger charge is 2.19. The van der Waals surface area contributed by atoms with Crippen LogP contribution in [0.4, 0.5) is 4.39 Å². The maximum atomic E-state index is 13.4. The van der Waals surface area contributed by atoms with Gasteiger partial charge < -0.3 is 5.32 Å². The quantitative estimate of drug-likeness (QED) is 0.829. The molecule has 21 heavy (non-hydrogen) atoms. The maximum Gasteiger partial charge on any atom is 0.123 e. The van der Waals surface area contributed by atoms with Crippen LogP contribution in [0, 0.1) is 5.82 Å². The minimum absolute atomic E-state index is 0.0687. The minimum Gasteiger partial charge on any atom is -0.309 e. The zero-order valence-corrected chi connectivity index (χ0v) is 13.8. The van der Waals surface area contributed by atoms with Gasteiger partial charge in [-0.3, -0.25) is 0 Å². The highest BCUT2D eigenvalue weighted by molar-refractivity contribution is 7.05. The Morgan fingerprint density at radius 3 is 2.90 bits per heavy atom. The average Bonchev–Trinajstić information content (AvgIpc) is 2.95. The Morgan fingerprint density at radius 2 is 2.19 bits per heavy atom. The van der Waals surface area contributed by atoms with Gasteiger partial charge in [0, 0.05) is 11.1 Å². The van der Waals surface area contributed by atoms with E-state index in [0.717, 1.165) is 35.5 Å². The summed E-state index contributed by atoms with van der Waals surface area (Å²) in [5.74, 6) is -0.262. The van der Waals surface area contributed by atoms with Crippen LogP contribution in [0.1, 0.15) is 42.4 Å². The largest absolute Gasteiger partial charge is 0.309 e. The van der Waals surface area contributed by atoms with E-state index in [1.807, 2.05) is 0 Å². The van der Waals surface area contributed by atoms with Crippen molar-refractivity contribution in [3.63, 3.8) is 0 Å². The molecule has 0 aliphatic rings. The molecule has 0 radical (unpaired) electrons. The Balaban J connectivity index is 2.26. The summed E-state index contributed by atoms with van der Waals surface area (Å²) in [4.78, 5) is 1.12. The summed E-state index contributed by atoms with van der Waals surface area (Å²) in [7, 11) is 0. The average molecular weight is 328 g/mol. The first-order valence-electron chi connectivity index (χ1n) is 7.14. The Hall–Kier alpha value is -1.04. The molecule has 3 nitrogen and oxygen atoms in total. The van der Waals surface area contributed by atoms with E-state index in [2.05, 4.69) is 28.8 Å². The van der Waals surface area contributed by atoms with Gasteiger partial charge in [0.2, 0.25) is 0 Å². The molecule has 6 heteroatoms. The molecular weight excluding hydrogens is 309 g/mol. The van der Waals surface area contributed by atoms with E-state index in [1.54, 1.807) is 6.07 Å². The zero-order valence-electron chi connectivity index (χ0n) is 12.2. The van der Waals surface area contributed by atoms with Crippen molar-refractivity contribution in [2.24, 2.45) is 0 Å². The molecule has 2 rings (SSSR count). The van der Waals surface area contributed by atoms with Crippen molar-refractivity contribution in [2.75, 3.05) is 6.54 Å². The lowest BCUT2D eigenvalue weighted by Crippen LogP contribution is -2.24. The van der Waals surface area contributed by atoms with Crippen molar-refractivity contribution in [3.8, 4) is 0 Å². The first-order chi connectivity index (χ1) is 10.2. The third kappa shape index (κ3) is 4.22. The first kappa shape index (κ1) is 16.3. The van der Waals surface area contributed by atoms with Crippen molar-refractivity contribution >= 4 is 23.1 Å². The van der Waals surface area contributed by atoms with Gasteiger partial charge in [0.15, 0.2) is 0 Å². The molecule has 1 unspecified atom stereocenters. The summed E-state index contributed by atoms with van der Waals surface area (Å²) in [6, 6.07) is 4.56. The van der Waals surface area contributed by atoms with Crippen molar-refractivity contribution in [1.82, 2.24) is 14.9 Å². The second-order valence-corrected chi connectivity index (χ2v) is 6.08. The molecule has 1 aromatic heterocycles. The summed E-state index contributed by atoms with van der Waals surface area (Å²) in [5.41, 5.74) is 1.81. The van der Waals surface area contributed by atoms with E-state index in [9.17, 15) is 4.39 Å². The molecule has 2 aromatic rings. The Morgan fingerprint density at radius 1 is 1.38 bits per heavy atom. The number of aryl methyl sites for hydroxylation is 1. The second kappa shape index (κ2) is 7.82. The molecule has 1 atom stereocenters. The fraction of sp³-hybridized carbons (Fsp3) is 0.467. The van der Waals surface area contributed by atoms with Crippen LogP contribution in [0.15, 0.2) is 18.2 Å².